The first kappa shape index (κ1) is 16.2. The average Bonchev–Trinajstić information content (AvgIpc) is 2.49. The molecule has 22 heavy (non-hydrogen) atoms. The third-order valence-electron chi connectivity index (χ3n) is 4.53. The van der Waals surface area contributed by atoms with Crippen molar-refractivity contribution in [3.05, 3.63) is 28.8 Å². The number of nitrogens with zero attached hydrogens (tertiary/aromatic N) is 2. The van der Waals surface area contributed by atoms with Crippen LogP contribution in [0.1, 0.15) is 12.0 Å². The van der Waals surface area contributed by atoms with Crippen LogP contribution in [0.4, 0.5) is 0 Å². The van der Waals surface area contributed by atoms with Crippen molar-refractivity contribution in [1.82, 2.24) is 9.21 Å². The first-order valence-corrected chi connectivity index (χ1v) is 9.29. The molecule has 0 radical (unpaired) electrons. The van der Waals surface area contributed by atoms with E-state index in [-0.39, 0.29) is 22.1 Å². The third kappa shape index (κ3) is 2.90. The number of aryl methyl sites for hydroxylation is 1. The summed E-state index contributed by atoms with van der Waals surface area (Å²) in [7, 11) is -1.55. The van der Waals surface area contributed by atoms with E-state index in [0.29, 0.717) is 19.7 Å². The van der Waals surface area contributed by atoms with Crippen molar-refractivity contribution in [1.29, 1.82) is 0 Å². The van der Waals surface area contributed by atoms with Crippen LogP contribution in [0.3, 0.4) is 0 Å². The standard InChI is InChI=1S/C15H21ClN2O3S/c1-11-3-4-12(16)15(9-11)22(19,20)18-6-5-14-13(10-18)17(2)7-8-21-14/h3-4,9,13-14H,5-8,10H2,1-2H3/t13-,14+/m1/s1. The second-order valence-electron chi connectivity index (χ2n) is 6.04. The highest BCUT2D eigenvalue weighted by atomic mass is 35.5. The summed E-state index contributed by atoms with van der Waals surface area (Å²) in [6.07, 6.45) is 0.843. The molecular formula is C15H21ClN2O3S. The zero-order valence-corrected chi connectivity index (χ0v) is 14.4. The fraction of sp³-hybridized carbons (Fsp3) is 0.600. The Labute approximate surface area is 136 Å². The zero-order chi connectivity index (χ0) is 15.9. The van der Waals surface area contributed by atoms with Gasteiger partial charge in [-0.2, -0.15) is 4.31 Å². The Bertz CT molecular complexity index is 665. The molecule has 2 atom stereocenters. The van der Waals surface area contributed by atoms with Crippen LogP contribution in [-0.2, 0) is 14.8 Å². The second-order valence-corrected chi connectivity index (χ2v) is 8.36. The molecule has 0 spiro atoms. The number of ether oxygens (including phenoxy) is 1. The Hall–Kier alpha value is -0.660. The molecule has 0 aliphatic carbocycles. The highest BCUT2D eigenvalue weighted by Gasteiger charge is 2.40. The lowest BCUT2D eigenvalue weighted by molar-refractivity contribution is -0.0840. The number of benzene rings is 1. The SMILES string of the molecule is Cc1ccc(Cl)c(S(=O)(=O)N2CC[C@@H]3OCCN(C)[C@@H]3C2)c1. The summed E-state index contributed by atoms with van der Waals surface area (Å²) in [5.41, 5.74) is 0.885. The monoisotopic (exact) mass is 344 g/mol. The van der Waals surface area contributed by atoms with Gasteiger partial charge < -0.3 is 4.74 Å². The Kier molecular flexibility index (Phi) is 4.49. The summed E-state index contributed by atoms with van der Waals surface area (Å²) in [6, 6.07) is 5.22. The van der Waals surface area contributed by atoms with Crippen LogP contribution in [-0.4, -0.2) is 63.1 Å². The number of fused-ring (bicyclic) bond motifs is 1. The summed E-state index contributed by atoms with van der Waals surface area (Å²) >= 11 is 6.13. The first-order chi connectivity index (χ1) is 10.4. The highest BCUT2D eigenvalue weighted by Crippen LogP contribution is 2.30. The van der Waals surface area contributed by atoms with Gasteiger partial charge in [-0.15, -0.1) is 0 Å². The molecule has 0 amide bonds. The van der Waals surface area contributed by atoms with Gasteiger partial charge in [-0.1, -0.05) is 17.7 Å². The minimum Gasteiger partial charge on any atom is -0.375 e. The van der Waals surface area contributed by atoms with Gasteiger partial charge in [0.15, 0.2) is 0 Å². The molecule has 122 valence electrons. The average molecular weight is 345 g/mol. The Balaban J connectivity index is 1.88. The maximum absolute atomic E-state index is 12.9. The van der Waals surface area contributed by atoms with Gasteiger partial charge in [0.25, 0.3) is 0 Å². The summed E-state index contributed by atoms with van der Waals surface area (Å²) in [5.74, 6) is 0. The lowest BCUT2D eigenvalue weighted by atomic mass is 10.0. The number of hydrogen-bond acceptors (Lipinski definition) is 4. The number of sulfonamides is 1. The van der Waals surface area contributed by atoms with Crippen LogP contribution in [0, 0.1) is 6.92 Å². The van der Waals surface area contributed by atoms with Crippen LogP contribution in [0.5, 0.6) is 0 Å². The molecule has 2 aliphatic heterocycles. The number of halogens is 1. The number of likely N-dealkylation sites (N-methyl/N-ethyl adjacent to an activating group) is 1. The van der Waals surface area contributed by atoms with E-state index in [2.05, 4.69) is 4.90 Å². The fourth-order valence-electron chi connectivity index (χ4n) is 3.18. The van der Waals surface area contributed by atoms with E-state index in [9.17, 15) is 8.42 Å². The van der Waals surface area contributed by atoms with Gasteiger partial charge in [-0.05, 0) is 38.1 Å². The lowest BCUT2D eigenvalue weighted by Gasteiger charge is -2.45. The Morgan fingerprint density at radius 3 is 2.86 bits per heavy atom. The van der Waals surface area contributed by atoms with E-state index in [0.717, 1.165) is 18.5 Å². The van der Waals surface area contributed by atoms with Gasteiger partial charge in [0.1, 0.15) is 4.90 Å². The van der Waals surface area contributed by atoms with E-state index >= 15 is 0 Å². The lowest BCUT2D eigenvalue weighted by Crippen LogP contribution is -2.59. The van der Waals surface area contributed by atoms with Crippen molar-refractivity contribution >= 4 is 21.6 Å². The summed E-state index contributed by atoms with van der Waals surface area (Å²) in [5, 5.41) is 0.279. The van der Waals surface area contributed by atoms with Crippen LogP contribution >= 0.6 is 11.6 Å². The van der Waals surface area contributed by atoms with E-state index in [1.54, 1.807) is 16.4 Å². The molecule has 3 rings (SSSR count). The summed E-state index contributed by atoms with van der Waals surface area (Å²) < 4.78 is 33.2. The maximum atomic E-state index is 12.9. The van der Waals surface area contributed by atoms with E-state index < -0.39 is 10.0 Å². The number of hydrogen-bond donors (Lipinski definition) is 0. The van der Waals surface area contributed by atoms with Crippen molar-refractivity contribution in [3.63, 3.8) is 0 Å². The number of rotatable bonds is 2. The smallest absolute Gasteiger partial charge is 0.244 e. The van der Waals surface area contributed by atoms with Gasteiger partial charge in [-0.3, -0.25) is 4.90 Å². The number of piperidine rings is 1. The molecule has 0 saturated carbocycles. The Morgan fingerprint density at radius 1 is 1.32 bits per heavy atom. The van der Waals surface area contributed by atoms with Crippen molar-refractivity contribution in [2.75, 3.05) is 33.3 Å². The molecule has 2 fully saturated rings. The van der Waals surface area contributed by atoms with Gasteiger partial charge in [0.05, 0.1) is 17.7 Å². The molecule has 7 heteroatoms. The molecule has 0 bridgehead atoms. The van der Waals surface area contributed by atoms with E-state index in [4.69, 9.17) is 16.3 Å². The molecule has 0 N–H and O–H groups in total. The normalized spacial score (nSPS) is 27.6. The van der Waals surface area contributed by atoms with E-state index in [1.807, 2.05) is 20.0 Å². The predicted molar refractivity (Wildman–Crippen MR) is 85.7 cm³/mol. The van der Waals surface area contributed by atoms with Gasteiger partial charge in [0.2, 0.25) is 10.0 Å². The predicted octanol–water partition coefficient (Wildman–Crippen LogP) is 1.74. The fourth-order valence-corrected chi connectivity index (χ4v) is 5.21. The van der Waals surface area contributed by atoms with Gasteiger partial charge in [0, 0.05) is 25.7 Å². The molecule has 5 nitrogen and oxygen atoms in total. The molecule has 1 aromatic carbocycles. The summed E-state index contributed by atoms with van der Waals surface area (Å²) in [4.78, 5) is 2.39. The van der Waals surface area contributed by atoms with Crippen LogP contribution in [0.2, 0.25) is 5.02 Å². The van der Waals surface area contributed by atoms with Crippen molar-refractivity contribution in [3.8, 4) is 0 Å². The molecule has 2 heterocycles. The zero-order valence-electron chi connectivity index (χ0n) is 12.8. The molecule has 0 aromatic heterocycles. The first-order valence-electron chi connectivity index (χ1n) is 7.48. The summed E-state index contributed by atoms with van der Waals surface area (Å²) in [6.45, 7) is 4.34. The largest absolute Gasteiger partial charge is 0.375 e. The molecular weight excluding hydrogens is 324 g/mol. The van der Waals surface area contributed by atoms with Crippen molar-refractivity contribution in [2.24, 2.45) is 0 Å². The van der Waals surface area contributed by atoms with Gasteiger partial charge in [-0.25, -0.2) is 8.42 Å². The van der Waals surface area contributed by atoms with Gasteiger partial charge >= 0.3 is 0 Å². The van der Waals surface area contributed by atoms with Crippen molar-refractivity contribution in [2.45, 2.75) is 30.4 Å². The highest BCUT2D eigenvalue weighted by molar-refractivity contribution is 7.89. The molecule has 2 aliphatic rings. The van der Waals surface area contributed by atoms with E-state index in [1.165, 1.54) is 0 Å². The van der Waals surface area contributed by atoms with Crippen molar-refractivity contribution < 1.29 is 13.2 Å². The molecule has 0 unspecified atom stereocenters. The van der Waals surface area contributed by atoms with Crippen LogP contribution < -0.4 is 0 Å². The van der Waals surface area contributed by atoms with Crippen LogP contribution in [0.25, 0.3) is 0 Å². The Morgan fingerprint density at radius 2 is 2.09 bits per heavy atom. The third-order valence-corrected chi connectivity index (χ3v) is 6.88. The number of morpholine rings is 1. The quantitative estimate of drug-likeness (QED) is 0.820. The molecule has 2 saturated heterocycles. The second kappa shape index (κ2) is 6.09. The minimum absolute atomic E-state index is 0.112. The topological polar surface area (TPSA) is 49.9 Å². The maximum Gasteiger partial charge on any atom is 0.244 e. The minimum atomic E-state index is -3.57. The van der Waals surface area contributed by atoms with Crippen LogP contribution in [0.15, 0.2) is 23.1 Å². The molecule has 1 aromatic rings.